The van der Waals surface area contributed by atoms with Crippen molar-refractivity contribution in [1.29, 1.82) is 0 Å². The van der Waals surface area contributed by atoms with Crippen molar-refractivity contribution in [2.45, 2.75) is 30.7 Å². The predicted octanol–water partition coefficient (Wildman–Crippen LogP) is 2.68. The third-order valence-electron chi connectivity index (χ3n) is 4.09. The number of nitrogens with one attached hydrogen (secondary N) is 1. The van der Waals surface area contributed by atoms with Crippen molar-refractivity contribution in [2.75, 3.05) is 13.7 Å². The first-order chi connectivity index (χ1) is 11.9. The van der Waals surface area contributed by atoms with E-state index in [0.29, 0.717) is 13.0 Å². The molecular weight excluding hydrogens is 345 g/mol. The van der Waals surface area contributed by atoms with Gasteiger partial charge in [0, 0.05) is 12.5 Å². The monoisotopic (exact) mass is 365 g/mol. The molecule has 25 heavy (non-hydrogen) atoms. The van der Waals surface area contributed by atoms with Crippen molar-refractivity contribution >= 4 is 10.0 Å². The van der Waals surface area contributed by atoms with Gasteiger partial charge in [-0.3, -0.25) is 0 Å². The fourth-order valence-electron chi connectivity index (χ4n) is 2.91. The van der Waals surface area contributed by atoms with Crippen LogP contribution >= 0.6 is 0 Å². The zero-order valence-corrected chi connectivity index (χ0v) is 14.9. The standard InChI is InChI=1S/C18H20FNO4S/c1-12(9-13-3-5-17-14(10-13)7-8-24-17)20-25(21,22)15-4-6-18(23-2)16(19)11-15/h3-6,10-12,20H,7-9H2,1-2H3/t12-/m0/s1. The average Bonchev–Trinajstić information content (AvgIpc) is 3.01. The van der Waals surface area contributed by atoms with Crippen LogP contribution in [0.15, 0.2) is 41.3 Å². The Balaban J connectivity index is 1.71. The van der Waals surface area contributed by atoms with E-state index in [2.05, 4.69) is 4.72 Å². The van der Waals surface area contributed by atoms with Crippen molar-refractivity contribution < 1.29 is 22.3 Å². The number of halogens is 1. The summed E-state index contributed by atoms with van der Waals surface area (Å²) in [7, 11) is -2.48. The molecule has 0 aromatic heterocycles. The predicted molar refractivity (Wildman–Crippen MR) is 92.1 cm³/mol. The van der Waals surface area contributed by atoms with Gasteiger partial charge in [-0.2, -0.15) is 0 Å². The second-order valence-electron chi connectivity index (χ2n) is 6.06. The van der Waals surface area contributed by atoms with E-state index in [0.717, 1.165) is 29.4 Å². The van der Waals surface area contributed by atoms with Gasteiger partial charge in [-0.1, -0.05) is 12.1 Å². The Morgan fingerprint density at radius 3 is 2.80 bits per heavy atom. The van der Waals surface area contributed by atoms with Gasteiger partial charge in [-0.05, 0) is 48.7 Å². The lowest BCUT2D eigenvalue weighted by molar-refractivity contribution is 0.357. The second-order valence-corrected chi connectivity index (χ2v) is 7.78. The molecule has 134 valence electrons. The first kappa shape index (κ1) is 17.7. The van der Waals surface area contributed by atoms with Crippen LogP contribution in [-0.4, -0.2) is 28.2 Å². The van der Waals surface area contributed by atoms with Gasteiger partial charge >= 0.3 is 0 Å². The highest BCUT2D eigenvalue weighted by molar-refractivity contribution is 7.89. The van der Waals surface area contributed by atoms with Crippen molar-refractivity contribution in [3.63, 3.8) is 0 Å². The van der Waals surface area contributed by atoms with Gasteiger partial charge in [-0.25, -0.2) is 17.5 Å². The third kappa shape index (κ3) is 3.93. The van der Waals surface area contributed by atoms with E-state index in [1.807, 2.05) is 18.2 Å². The Morgan fingerprint density at radius 2 is 2.08 bits per heavy atom. The largest absolute Gasteiger partial charge is 0.494 e. The number of sulfonamides is 1. The lowest BCUT2D eigenvalue weighted by Gasteiger charge is -2.15. The zero-order chi connectivity index (χ0) is 18.0. The smallest absolute Gasteiger partial charge is 0.240 e. The SMILES string of the molecule is COc1ccc(S(=O)(=O)N[C@@H](C)Cc2ccc3c(c2)CCO3)cc1F. The summed E-state index contributed by atoms with van der Waals surface area (Å²) in [6.45, 7) is 2.46. The van der Waals surface area contributed by atoms with Gasteiger partial charge in [0.05, 0.1) is 18.6 Å². The minimum atomic E-state index is -3.81. The number of ether oxygens (including phenoxy) is 2. The van der Waals surface area contributed by atoms with Gasteiger partial charge in [0.25, 0.3) is 0 Å². The molecule has 0 radical (unpaired) electrons. The van der Waals surface area contributed by atoms with Crippen LogP contribution in [0.2, 0.25) is 0 Å². The fourth-order valence-corrected chi connectivity index (χ4v) is 4.16. The Labute approximate surface area is 146 Å². The Bertz CT molecular complexity index is 883. The normalized spacial score (nSPS) is 14.7. The van der Waals surface area contributed by atoms with Crippen LogP contribution in [-0.2, 0) is 22.9 Å². The van der Waals surface area contributed by atoms with E-state index >= 15 is 0 Å². The zero-order valence-electron chi connectivity index (χ0n) is 14.1. The molecule has 2 aromatic carbocycles. The number of fused-ring (bicyclic) bond motifs is 1. The summed E-state index contributed by atoms with van der Waals surface area (Å²) < 4.78 is 51.5. The van der Waals surface area contributed by atoms with E-state index in [1.54, 1.807) is 6.92 Å². The number of methoxy groups -OCH3 is 1. The molecule has 0 bridgehead atoms. The van der Waals surface area contributed by atoms with Crippen LogP contribution in [0.3, 0.4) is 0 Å². The molecule has 0 spiro atoms. The molecule has 0 saturated heterocycles. The molecule has 1 aliphatic heterocycles. The van der Waals surface area contributed by atoms with E-state index in [1.165, 1.54) is 19.2 Å². The molecule has 1 atom stereocenters. The maximum absolute atomic E-state index is 13.8. The van der Waals surface area contributed by atoms with Gasteiger partial charge in [0.15, 0.2) is 11.6 Å². The van der Waals surface area contributed by atoms with Crippen molar-refractivity contribution in [2.24, 2.45) is 0 Å². The first-order valence-corrected chi connectivity index (χ1v) is 9.48. The maximum atomic E-state index is 13.8. The molecule has 1 N–H and O–H groups in total. The maximum Gasteiger partial charge on any atom is 0.240 e. The van der Waals surface area contributed by atoms with E-state index in [9.17, 15) is 12.8 Å². The lowest BCUT2D eigenvalue weighted by Crippen LogP contribution is -2.34. The lowest BCUT2D eigenvalue weighted by atomic mass is 10.0. The van der Waals surface area contributed by atoms with Crippen molar-refractivity contribution in [1.82, 2.24) is 4.72 Å². The Morgan fingerprint density at radius 1 is 1.28 bits per heavy atom. The number of benzene rings is 2. The highest BCUT2D eigenvalue weighted by atomic mass is 32.2. The van der Waals surface area contributed by atoms with Gasteiger partial charge in [-0.15, -0.1) is 0 Å². The fraction of sp³-hybridized carbons (Fsp3) is 0.333. The minimum absolute atomic E-state index is 0.00681. The van der Waals surface area contributed by atoms with Crippen LogP contribution in [0.4, 0.5) is 4.39 Å². The van der Waals surface area contributed by atoms with Crippen LogP contribution in [0, 0.1) is 5.82 Å². The Kier molecular flexibility index (Phi) is 4.96. The summed E-state index contributed by atoms with van der Waals surface area (Å²) in [5.74, 6) is 0.190. The van der Waals surface area contributed by atoms with Gasteiger partial charge < -0.3 is 9.47 Å². The molecule has 5 nitrogen and oxygen atoms in total. The summed E-state index contributed by atoms with van der Waals surface area (Å²) in [5, 5.41) is 0. The van der Waals surface area contributed by atoms with Crippen molar-refractivity contribution in [3.8, 4) is 11.5 Å². The van der Waals surface area contributed by atoms with Crippen LogP contribution in [0.25, 0.3) is 0 Å². The van der Waals surface area contributed by atoms with Crippen LogP contribution in [0.5, 0.6) is 11.5 Å². The molecule has 3 rings (SSSR count). The van der Waals surface area contributed by atoms with Gasteiger partial charge in [0.1, 0.15) is 5.75 Å². The highest BCUT2D eigenvalue weighted by Crippen LogP contribution is 2.26. The van der Waals surface area contributed by atoms with Crippen molar-refractivity contribution in [3.05, 3.63) is 53.3 Å². The molecule has 2 aromatic rings. The van der Waals surface area contributed by atoms with Gasteiger partial charge in [0.2, 0.25) is 10.0 Å². The average molecular weight is 365 g/mol. The second kappa shape index (κ2) is 7.01. The number of hydrogen-bond donors (Lipinski definition) is 1. The van der Waals surface area contributed by atoms with E-state index < -0.39 is 15.8 Å². The molecule has 0 unspecified atom stereocenters. The summed E-state index contributed by atoms with van der Waals surface area (Å²) in [5.41, 5.74) is 2.17. The van der Waals surface area contributed by atoms with E-state index in [-0.39, 0.29) is 16.7 Å². The Hall–Kier alpha value is -2.12. The molecule has 0 amide bonds. The summed E-state index contributed by atoms with van der Waals surface area (Å²) >= 11 is 0. The summed E-state index contributed by atoms with van der Waals surface area (Å²) in [4.78, 5) is -0.125. The quantitative estimate of drug-likeness (QED) is 0.855. The molecule has 1 aliphatic rings. The number of rotatable bonds is 6. The third-order valence-corrected chi connectivity index (χ3v) is 5.67. The van der Waals surface area contributed by atoms with E-state index in [4.69, 9.17) is 9.47 Å². The molecular formula is C18H20FNO4S. The molecule has 7 heteroatoms. The van der Waals surface area contributed by atoms with Crippen LogP contribution in [0.1, 0.15) is 18.1 Å². The molecule has 0 aliphatic carbocycles. The summed E-state index contributed by atoms with van der Waals surface area (Å²) in [6.07, 6.45) is 1.40. The number of hydrogen-bond acceptors (Lipinski definition) is 4. The molecule has 1 heterocycles. The summed E-state index contributed by atoms with van der Waals surface area (Å²) in [6, 6.07) is 9.13. The van der Waals surface area contributed by atoms with Crippen LogP contribution < -0.4 is 14.2 Å². The molecule has 0 fully saturated rings. The molecule has 0 saturated carbocycles. The first-order valence-electron chi connectivity index (χ1n) is 7.99. The highest BCUT2D eigenvalue weighted by Gasteiger charge is 2.20. The minimum Gasteiger partial charge on any atom is -0.494 e. The topological polar surface area (TPSA) is 64.6 Å².